The minimum Gasteiger partial charge on any atom is -0.361 e. The Balaban J connectivity index is 1.64. The van der Waals surface area contributed by atoms with Crippen molar-refractivity contribution in [2.45, 2.75) is 13.3 Å². The molecule has 0 aliphatic heterocycles. The van der Waals surface area contributed by atoms with Gasteiger partial charge in [-0.1, -0.05) is 11.2 Å². The summed E-state index contributed by atoms with van der Waals surface area (Å²) in [7, 11) is 0. The molecule has 0 radical (unpaired) electrons. The van der Waals surface area contributed by atoms with Crippen molar-refractivity contribution < 1.29 is 14.1 Å². The molecular weight excluding hydrogens is 272 g/mol. The van der Waals surface area contributed by atoms with Crippen LogP contribution >= 0.6 is 0 Å². The summed E-state index contributed by atoms with van der Waals surface area (Å²) in [4.78, 5) is 27.3. The van der Waals surface area contributed by atoms with E-state index in [4.69, 9.17) is 4.52 Å². The number of nitrogens with one attached hydrogen (secondary N) is 2. The van der Waals surface area contributed by atoms with Gasteiger partial charge in [0.05, 0.1) is 0 Å². The largest absolute Gasteiger partial charge is 0.361 e. The normalized spacial score (nSPS) is 10.1. The highest BCUT2D eigenvalue weighted by molar-refractivity contribution is 5.92. The standard InChI is InChI=1S/C14H16N4O3/c1-10-9-12(18-21-10)14(20)17-8-4-7-16-13(19)11-5-2-3-6-15-11/h2-3,5-6,9H,4,7-8H2,1H3,(H,16,19)(H,17,20). The highest BCUT2D eigenvalue weighted by Crippen LogP contribution is 2.00. The molecule has 0 aliphatic rings. The molecule has 2 aromatic heterocycles. The van der Waals surface area contributed by atoms with Crippen molar-refractivity contribution in [2.75, 3.05) is 13.1 Å². The number of hydrogen-bond donors (Lipinski definition) is 2. The van der Waals surface area contributed by atoms with Gasteiger partial charge in [0.15, 0.2) is 5.69 Å². The Bertz CT molecular complexity index is 610. The van der Waals surface area contributed by atoms with Crippen LogP contribution < -0.4 is 10.6 Å². The van der Waals surface area contributed by atoms with Crippen LogP contribution in [0.5, 0.6) is 0 Å². The van der Waals surface area contributed by atoms with E-state index in [1.165, 1.54) is 0 Å². The molecule has 0 bridgehead atoms. The summed E-state index contributed by atoms with van der Waals surface area (Å²) in [5, 5.41) is 9.04. The molecule has 110 valence electrons. The van der Waals surface area contributed by atoms with E-state index in [0.29, 0.717) is 31.0 Å². The smallest absolute Gasteiger partial charge is 0.273 e. The predicted molar refractivity (Wildman–Crippen MR) is 74.8 cm³/mol. The third-order valence-corrected chi connectivity index (χ3v) is 2.68. The lowest BCUT2D eigenvalue weighted by molar-refractivity contribution is 0.0943. The maximum atomic E-state index is 11.7. The van der Waals surface area contributed by atoms with Crippen molar-refractivity contribution in [1.82, 2.24) is 20.8 Å². The number of hydrogen-bond acceptors (Lipinski definition) is 5. The molecule has 0 atom stereocenters. The van der Waals surface area contributed by atoms with Gasteiger partial charge in [-0.2, -0.15) is 0 Å². The first-order valence-corrected chi connectivity index (χ1v) is 6.57. The molecule has 2 aromatic rings. The van der Waals surface area contributed by atoms with Gasteiger partial charge in [-0.3, -0.25) is 14.6 Å². The van der Waals surface area contributed by atoms with Crippen LogP contribution in [-0.4, -0.2) is 35.0 Å². The highest BCUT2D eigenvalue weighted by Gasteiger charge is 2.10. The number of amides is 2. The van der Waals surface area contributed by atoms with Crippen molar-refractivity contribution in [3.8, 4) is 0 Å². The molecule has 7 heteroatoms. The van der Waals surface area contributed by atoms with Crippen molar-refractivity contribution in [3.05, 3.63) is 47.6 Å². The molecule has 0 aliphatic carbocycles. The van der Waals surface area contributed by atoms with Gasteiger partial charge >= 0.3 is 0 Å². The molecule has 0 aromatic carbocycles. The van der Waals surface area contributed by atoms with Gasteiger partial charge in [0.1, 0.15) is 11.5 Å². The topological polar surface area (TPSA) is 97.1 Å². The maximum Gasteiger partial charge on any atom is 0.273 e. The number of nitrogens with zero attached hydrogens (tertiary/aromatic N) is 2. The van der Waals surface area contributed by atoms with Crippen LogP contribution in [0.3, 0.4) is 0 Å². The number of aryl methyl sites for hydroxylation is 1. The fourth-order valence-corrected chi connectivity index (χ4v) is 1.64. The second-order valence-corrected chi connectivity index (χ2v) is 4.40. The first-order chi connectivity index (χ1) is 10.2. The molecule has 21 heavy (non-hydrogen) atoms. The zero-order chi connectivity index (χ0) is 15.1. The second-order valence-electron chi connectivity index (χ2n) is 4.40. The van der Waals surface area contributed by atoms with Gasteiger partial charge in [-0.05, 0) is 25.5 Å². The Hall–Kier alpha value is -2.70. The fourth-order valence-electron chi connectivity index (χ4n) is 1.64. The average molecular weight is 288 g/mol. The lowest BCUT2D eigenvalue weighted by Gasteiger charge is -2.05. The second kappa shape index (κ2) is 7.18. The lowest BCUT2D eigenvalue weighted by atomic mass is 10.3. The minimum absolute atomic E-state index is 0.228. The molecule has 0 saturated carbocycles. The van der Waals surface area contributed by atoms with Gasteiger partial charge in [0.2, 0.25) is 0 Å². The third-order valence-electron chi connectivity index (χ3n) is 2.68. The molecule has 2 amide bonds. The molecule has 0 fully saturated rings. The summed E-state index contributed by atoms with van der Waals surface area (Å²) in [6, 6.07) is 6.71. The monoisotopic (exact) mass is 288 g/mol. The van der Waals surface area contributed by atoms with Gasteiger partial charge in [0.25, 0.3) is 11.8 Å². The zero-order valence-electron chi connectivity index (χ0n) is 11.6. The van der Waals surface area contributed by atoms with Gasteiger partial charge in [-0.25, -0.2) is 0 Å². The van der Waals surface area contributed by atoms with E-state index >= 15 is 0 Å². The molecule has 0 spiro atoms. The highest BCUT2D eigenvalue weighted by atomic mass is 16.5. The third kappa shape index (κ3) is 4.41. The Morgan fingerprint density at radius 2 is 1.86 bits per heavy atom. The first-order valence-electron chi connectivity index (χ1n) is 6.57. The van der Waals surface area contributed by atoms with Crippen LogP contribution in [0.4, 0.5) is 0 Å². The summed E-state index contributed by atoms with van der Waals surface area (Å²) in [5.41, 5.74) is 0.629. The van der Waals surface area contributed by atoms with Crippen LogP contribution in [-0.2, 0) is 0 Å². The number of rotatable bonds is 6. The molecule has 2 rings (SSSR count). The summed E-state index contributed by atoms with van der Waals surface area (Å²) < 4.78 is 4.82. The minimum atomic E-state index is -0.289. The number of aromatic nitrogens is 2. The first kappa shape index (κ1) is 14.7. The van der Waals surface area contributed by atoms with Crippen LogP contribution in [0.1, 0.15) is 33.2 Å². The SMILES string of the molecule is Cc1cc(C(=O)NCCCNC(=O)c2ccccn2)no1. The van der Waals surface area contributed by atoms with E-state index in [-0.39, 0.29) is 17.5 Å². The summed E-state index contributed by atoms with van der Waals surface area (Å²) in [5.74, 6) is 0.0692. The summed E-state index contributed by atoms with van der Waals surface area (Å²) in [6.07, 6.45) is 2.18. The van der Waals surface area contributed by atoms with Crippen LogP contribution in [0, 0.1) is 6.92 Å². The van der Waals surface area contributed by atoms with E-state index in [9.17, 15) is 9.59 Å². The Kier molecular flexibility index (Phi) is 5.03. The number of carbonyl (C=O) groups is 2. The van der Waals surface area contributed by atoms with E-state index in [2.05, 4.69) is 20.8 Å². The molecule has 0 unspecified atom stereocenters. The Morgan fingerprint density at radius 1 is 1.14 bits per heavy atom. The van der Waals surface area contributed by atoms with Gasteiger partial charge < -0.3 is 15.2 Å². The van der Waals surface area contributed by atoms with E-state index in [0.717, 1.165) is 0 Å². The van der Waals surface area contributed by atoms with E-state index in [1.807, 2.05) is 0 Å². The predicted octanol–water partition coefficient (Wildman–Crippen LogP) is 0.928. The van der Waals surface area contributed by atoms with E-state index < -0.39 is 0 Å². The zero-order valence-corrected chi connectivity index (χ0v) is 11.6. The fraction of sp³-hybridized carbons (Fsp3) is 0.286. The molecule has 2 heterocycles. The molecule has 2 N–H and O–H groups in total. The van der Waals surface area contributed by atoms with E-state index in [1.54, 1.807) is 37.4 Å². The maximum absolute atomic E-state index is 11.7. The van der Waals surface area contributed by atoms with Gasteiger partial charge in [0, 0.05) is 25.4 Å². The molecular formula is C14H16N4O3. The van der Waals surface area contributed by atoms with Crippen LogP contribution in [0.15, 0.2) is 35.0 Å². The Labute approximate surface area is 121 Å². The van der Waals surface area contributed by atoms with Gasteiger partial charge in [-0.15, -0.1) is 0 Å². The summed E-state index contributed by atoms with van der Waals surface area (Å²) >= 11 is 0. The van der Waals surface area contributed by atoms with Crippen molar-refractivity contribution >= 4 is 11.8 Å². The van der Waals surface area contributed by atoms with Crippen molar-refractivity contribution in [3.63, 3.8) is 0 Å². The summed E-state index contributed by atoms with van der Waals surface area (Å²) in [6.45, 7) is 2.61. The van der Waals surface area contributed by atoms with Crippen LogP contribution in [0.25, 0.3) is 0 Å². The molecule has 0 saturated heterocycles. The van der Waals surface area contributed by atoms with Crippen molar-refractivity contribution in [1.29, 1.82) is 0 Å². The number of carbonyl (C=O) groups excluding carboxylic acids is 2. The number of pyridine rings is 1. The Morgan fingerprint density at radius 3 is 2.43 bits per heavy atom. The lowest BCUT2D eigenvalue weighted by Crippen LogP contribution is -2.30. The molecule has 7 nitrogen and oxygen atoms in total. The quantitative estimate of drug-likeness (QED) is 0.771. The van der Waals surface area contributed by atoms with Crippen molar-refractivity contribution in [2.24, 2.45) is 0 Å². The average Bonchev–Trinajstić information content (AvgIpc) is 2.94. The van der Waals surface area contributed by atoms with Crippen LogP contribution in [0.2, 0.25) is 0 Å².